The second-order valence-corrected chi connectivity index (χ2v) is 9.70. The lowest BCUT2D eigenvalue weighted by atomic mass is 9.95. The van der Waals surface area contributed by atoms with E-state index in [1.807, 2.05) is 40.1 Å². The maximum absolute atomic E-state index is 13.2. The van der Waals surface area contributed by atoms with Gasteiger partial charge in [-0.1, -0.05) is 44.0 Å². The highest BCUT2D eigenvalue weighted by Crippen LogP contribution is 2.29. The lowest BCUT2D eigenvalue weighted by molar-refractivity contribution is 0.299. The van der Waals surface area contributed by atoms with Gasteiger partial charge in [-0.2, -0.15) is 5.10 Å². The molecule has 0 aliphatic heterocycles. The molecule has 0 aliphatic rings. The summed E-state index contributed by atoms with van der Waals surface area (Å²) in [5.74, 6) is 0.969. The van der Waals surface area contributed by atoms with E-state index in [1.165, 1.54) is 10.8 Å². The monoisotopic (exact) mass is 498 g/mol. The number of hydrogen-bond acceptors (Lipinski definition) is 6. The van der Waals surface area contributed by atoms with Gasteiger partial charge in [0, 0.05) is 42.8 Å². The van der Waals surface area contributed by atoms with Gasteiger partial charge in [0.1, 0.15) is 23.2 Å². The van der Waals surface area contributed by atoms with Gasteiger partial charge in [0.25, 0.3) is 5.56 Å². The van der Waals surface area contributed by atoms with Crippen molar-refractivity contribution in [3.05, 3.63) is 80.5 Å². The van der Waals surface area contributed by atoms with E-state index in [0.717, 1.165) is 5.69 Å². The van der Waals surface area contributed by atoms with Gasteiger partial charge in [-0.15, -0.1) is 0 Å². The van der Waals surface area contributed by atoms with Crippen molar-refractivity contribution in [2.75, 3.05) is 0 Å². The van der Waals surface area contributed by atoms with Crippen molar-refractivity contribution >= 4 is 23.2 Å². The van der Waals surface area contributed by atoms with Crippen LogP contribution in [0.25, 0.3) is 17.1 Å². The number of aromatic nitrogens is 6. The Balaban J connectivity index is 1.73. The summed E-state index contributed by atoms with van der Waals surface area (Å²) in [5.41, 5.74) is 2.29. The molecule has 0 unspecified atom stereocenters. The second kappa shape index (κ2) is 9.19. The van der Waals surface area contributed by atoms with E-state index >= 15 is 0 Å². The largest absolute Gasteiger partial charge is 0.485 e. The molecule has 0 spiro atoms. The van der Waals surface area contributed by atoms with Crippen LogP contribution in [0.2, 0.25) is 10.0 Å². The van der Waals surface area contributed by atoms with Gasteiger partial charge in [-0.25, -0.2) is 9.97 Å². The molecule has 4 aromatic rings. The topological polar surface area (TPSA) is 87.7 Å². The molecular weight excluding hydrogens is 475 g/mol. The number of nitrogens with zero attached hydrogens (tertiary/aromatic N) is 6. The van der Waals surface area contributed by atoms with Crippen LogP contribution in [0.1, 0.15) is 38.0 Å². The third-order valence-corrected chi connectivity index (χ3v) is 5.75. The van der Waals surface area contributed by atoms with Crippen molar-refractivity contribution in [3.8, 4) is 22.8 Å². The van der Waals surface area contributed by atoms with Crippen LogP contribution in [0.3, 0.4) is 0 Å². The Hall–Kier alpha value is -3.23. The summed E-state index contributed by atoms with van der Waals surface area (Å²) in [4.78, 5) is 26.7. The van der Waals surface area contributed by atoms with Crippen molar-refractivity contribution in [2.24, 2.45) is 7.05 Å². The maximum atomic E-state index is 13.2. The minimum absolute atomic E-state index is 0.0481. The van der Waals surface area contributed by atoms with Crippen LogP contribution in [-0.4, -0.2) is 29.3 Å². The van der Waals surface area contributed by atoms with Gasteiger partial charge in [0.15, 0.2) is 0 Å². The molecule has 0 fully saturated rings. The fourth-order valence-corrected chi connectivity index (χ4v) is 3.76. The molecule has 4 heterocycles. The van der Waals surface area contributed by atoms with E-state index in [4.69, 9.17) is 27.9 Å². The Morgan fingerprint density at radius 2 is 1.85 bits per heavy atom. The minimum Gasteiger partial charge on any atom is -0.485 e. The molecule has 0 bridgehead atoms. The lowest BCUT2D eigenvalue weighted by Gasteiger charge is -2.17. The molecule has 34 heavy (non-hydrogen) atoms. The minimum atomic E-state index is -0.449. The highest BCUT2D eigenvalue weighted by Gasteiger charge is 2.20. The molecule has 8 nitrogen and oxygen atoms in total. The highest BCUT2D eigenvalue weighted by atomic mass is 35.5. The Bertz CT molecular complexity index is 1420. The fourth-order valence-electron chi connectivity index (χ4n) is 3.38. The van der Waals surface area contributed by atoms with Gasteiger partial charge < -0.3 is 4.74 Å². The molecule has 0 atom stereocenters. The fraction of sp³-hybridized carbons (Fsp3) is 0.292. The van der Waals surface area contributed by atoms with Crippen molar-refractivity contribution in [2.45, 2.75) is 39.7 Å². The summed E-state index contributed by atoms with van der Waals surface area (Å²) in [6.45, 7) is 8.08. The lowest BCUT2D eigenvalue weighted by Crippen LogP contribution is -2.22. The van der Waals surface area contributed by atoms with E-state index in [1.54, 1.807) is 36.0 Å². The molecule has 176 valence electrons. The summed E-state index contributed by atoms with van der Waals surface area (Å²) in [6.07, 6.45) is 5.01. The van der Waals surface area contributed by atoms with Crippen LogP contribution in [0, 0.1) is 6.92 Å². The molecule has 0 radical (unpaired) electrons. The highest BCUT2D eigenvalue weighted by molar-refractivity contribution is 6.33. The average molecular weight is 499 g/mol. The number of halogens is 2. The molecule has 10 heteroatoms. The molecule has 0 amide bonds. The third kappa shape index (κ3) is 4.83. The van der Waals surface area contributed by atoms with Crippen molar-refractivity contribution < 1.29 is 4.74 Å². The van der Waals surface area contributed by atoms with Crippen LogP contribution < -0.4 is 10.3 Å². The first kappa shape index (κ1) is 23.9. The van der Waals surface area contributed by atoms with Crippen molar-refractivity contribution in [3.63, 3.8) is 0 Å². The Morgan fingerprint density at radius 1 is 1.09 bits per heavy atom. The van der Waals surface area contributed by atoms with Gasteiger partial charge in [0.2, 0.25) is 0 Å². The van der Waals surface area contributed by atoms with Gasteiger partial charge in [0.05, 0.1) is 27.8 Å². The molecule has 4 rings (SSSR count). The van der Waals surface area contributed by atoms with Crippen molar-refractivity contribution in [1.82, 2.24) is 29.3 Å². The van der Waals surface area contributed by atoms with Gasteiger partial charge in [-0.3, -0.25) is 19.0 Å². The standard InChI is InChI=1S/C24H24Cl2N6O2/c1-14-10-20(34-13-15-7-9-31(5)30-15)21(26)22(33)32(14)19-11-18(28-12-16(19)25)17-6-8-27-23(29-17)24(2,3)4/h6-12H,13H2,1-5H3. The SMILES string of the molecule is Cc1cc(OCc2ccn(C)n2)c(Cl)c(=O)n1-c1cc(-c2ccnc(C(C)(C)C)n2)ncc1Cl. The number of ether oxygens (including phenoxy) is 1. The number of rotatable bonds is 5. The summed E-state index contributed by atoms with van der Waals surface area (Å²) >= 11 is 12.9. The summed E-state index contributed by atoms with van der Waals surface area (Å²) < 4.78 is 8.89. The molecule has 0 saturated heterocycles. The van der Waals surface area contributed by atoms with E-state index in [2.05, 4.69) is 20.1 Å². The van der Waals surface area contributed by atoms with E-state index in [9.17, 15) is 4.79 Å². The summed E-state index contributed by atoms with van der Waals surface area (Å²) in [5, 5.41) is 4.52. The molecule has 0 aromatic carbocycles. The normalized spacial score (nSPS) is 11.6. The van der Waals surface area contributed by atoms with Crippen LogP contribution >= 0.6 is 23.2 Å². The predicted molar refractivity (Wildman–Crippen MR) is 132 cm³/mol. The Morgan fingerprint density at radius 3 is 2.53 bits per heavy atom. The second-order valence-electron chi connectivity index (χ2n) is 8.91. The van der Waals surface area contributed by atoms with Crippen LogP contribution in [0.4, 0.5) is 0 Å². The average Bonchev–Trinajstić information content (AvgIpc) is 3.21. The smallest absolute Gasteiger partial charge is 0.277 e. The Kier molecular flexibility index (Phi) is 6.47. The first-order chi connectivity index (χ1) is 16.0. The quantitative estimate of drug-likeness (QED) is 0.388. The van der Waals surface area contributed by atoms with E-state index in [-0.39, 0.29) is 22.8 Å². The molecule has 0 saturated carbocycles. The summed E-state index contributed by atoms with van der Waals surface area (Å²) in [7, 11) is 1.82. The zero-order valence-electron chi connectivity index (χ0n) is 19.5. The zero-order chi connectivity index (χ0) is 24.6. The van der Waals surface area contributed by atoms with Gasteiger partial charge in [-0.05, 0) is 25.1 Å². The van der Waals surface area contributed by atoms with Gasteiger partial charge >= 0.3 is 0 Å². The van der Waals surface area contributed by atoms with Crippen LogP contribution in [0.5, 0.6) is 5.75 Å². The Labute approximate surface area is 207 Å². The summed E-state index contributed by atoms with van der Waals surface area (Å²) in [6, 6.07) is 7.02. The molecule has 0 N–H and O–H groups in total. The third-order valence-electron chi connectivity index (χ3n) is 5.11. The zero-order valence-corrected chi connectivity index (χ0v) is 21.0. The molecule has 4 aromatic heterocycles. The first-order valence-electron chi connectivity index (χ1n) is 10.6. The number of pyridine rings is 2. The van der Waals surface area contributed by atoms with Crippen LogP contribution in [-0.2, 0) is 19.1 Å². The molecular formula is C24H24Cl2N6O2. The van der Waals surface area contributed by atoms with Crippen LogP contribution in [0.15, 0.2) is 47.7 Å². The van der Waals surface area contributed by atoms with Crippen molar-refractivity contribution in [1.29, 1.82) is 0 Å². The number of aryl methyl sites for hydroxylation is 2. The van der Waals surface area contributed by atoms with E-state index < -0.39 is 5.56 Å². The van der Waals surface area contributed by atoms with E-state index in [0.29, 0.717) is 33.6 Å². The number of hydrogen-bond donors (Lipinski definition) is 0. The predicted octanol–water partition coefficient (Wildman–Crippen LogP) is 4.91. The molecule has 0 aliphatic carbocycles. The first-order valence-corrected chi connectivity index (χ1v) is 11.3. The maximum Gasteiger partial charge on any atom is 0.277 e.